The Hall–Kier alpha value is -2.66. The van der Waals surface area contributed by atoms with E-state index >= 15 is 0 Å². The Labute approximate surface area is 154 Å². The van der Waals surface area contributed by atoms with Gasteiger partial charge in [0.25, 0.3) is 5.91 Å². The summed E-state index contributed by atoms with van der Waals surface area (Å²) in [7, 11) is 0. The van der Waals surface area contributed by atoms with Gasteiger partial charge in [0, 0.05) is 24.7 Å². The third-order valence-electron chi connectivity index (χ3n) is 4.68. The Morgan fingerprint density at radius 1 is 1.08 bits per heavy atom. The third-order valence-corrected chi connectivity index (χ3v) is 4.68. The molecule has 3 rings (SSSR count). The smallest absolute Gasteiger partial charge is 0.251 e. The van der Waals surface area contributed by atoms with Gasteiger partial charge in [0.15, 0.2) is 0 Å². The summed E-state index contributed by atoms with van der Waals surface area (Å²) in [6.45, 7) is 4.23. The SMILES string of the molecule is CC(=O)Nc1cccc(-c2ccccc2C(=O)NCC2CCNCC2)c1. The number of piperidine rings is 1. The topological polar surface area (TPSA) is 70.2 Å². The molecular weight excluding hydrogens is 326 g/mol. The van der Waals surface area contributed by atoms with Crippen molar-refractivity contribution in [3.05, 3.63) is 54.1 Å². The van der Waals surface area contributed by atoms with Crippen LogP contribution < -0.4 is 16.0 Å². The largest absolute Gasteiger partial charge is 0.352 e. The van der Waals surface area contributed by atoms with Gasteiger partial charge in [-0.25, -0.2) is 0 Å². The Morgan fingerprint density at radius 2 is 1.85 bits per heavy atom. The summed E-state index contributed by atoms with van der Waals surface area (Å²) < 4.78 is 0. The quantitative estimate of drug-likeness (QED) is 0.775. The predicted octanol–water partition coefficient (Wildman–Crippen LogP) is 3.04. The van der Waals surface area contributed by atoms with Gasteiger partial charge in [-0.1, -0.05) is 30.3 Å². The van der Waals surface area contributed by atoms with Crippen molar-refractivity contribution in [1.29, 1.82) is 0 Å². The molecule has 0 aliphatic carbocycles. The lowest BCUT2D eigenvalue weighted by molar-refractivity contribution is -0.114. The molecule has 26 heavy (non-hydrogen) atoms. The van der Waals surface area contributed by atoms with Gasteiger partial charge in [0.2, 0.25) is 5.91 Å². The van der Waals surface area contributed by atoms with Crippen LogP contribution in [0.2, 0.25) is 0 Å². The lowest BCUT2D eigenvalue weighted by Crippen LogP contribution is -2.36. The van der Waals surface area contributed by atoms with Crippen LogP contribution in [0.1, 0.15) is 30.1 Å². The van der Waals surface area contributed by atoms with Gasteiger partial charge in [0.05, 0.1) is 0 Å². The van der Waals surface area contributed by atoms with E-state index in [9.17, 15) is 9.59 Å². The first kappa shape index (κ1) is 18.1. The first-order chi connectivity index (χ1) is 12.6. The molecule has 0 aromatic heterocycles. The Balaban J connectivity index is 1.77. The molecule has 5 heteroatoms. The Kier molecular flexibility index (Phi) is 6.02. The molecular formula is C21H25N3O2. The molecule has 0 bridgehead atoms. The van der Waals surface area contributed by atoms with Crippen LogP contribution in [0.4, 0.5) is 5.69 Å². The van der Waals surface area contributed by atoms with E-state index in [4.69, 9.17) is 0 Å². The first-order valence-corrected chi connectivity index (χ1v) is 9.09. The fourth-order valence-corrected chi connectivity index (χ4v) is 3.32. The zero-order chi connectivity index (χ0) is 18.4. The molecule has 2 amide bonds. The maximum absolute atomic E-state index is 12.7. The highest BCUT2D eigenvalue weighted by Crippen LogP contribution is 2.26. The van der Waals surface area contributed by atoms with E-state index in [-0.39, 0.29) is 11.8 Å². The molecule has 3 N–H and O–H groups in total. The monoisotopic (exact) mass is 351 g/mol. The summed E-state index contributed by atoms with van der Waals surface area (Å²) >= 11 is 0. The van der Waals surface area contributed by atoms with Gasteiger partial charge in [-0.2, -0.15) is 0 Å². The molecule has 1 saturated heterocycles. The number of hydrogen-bond acceptors (Lipinski definition) is 3. The number of carbonyl (C=O) groups excluding carboxylic acids is 2. The van der Waals surface area contributed by atoms with Crippen molar-refractivity contribution in [3.8, 4) is 11.1 Å². The van der Waals surface area contributed by atoms with Gasteiger partial charge in [-0.15, -0.1) is 0 Å². The van der Waals surface area contributed by atoms with Crippen molar-refractivity contribution < 1.29 is 9.59 Å². The van der Waals surface area contributed by atoms with Crippen molar-refractivity contribution >= 4 is 17.5 Å². The molecule has 1 aliphatic rings. The maximum Gasteiger partial charge on any atom is 0.251 e. The van der Waals surface area contributed by atoms with E-state index in [1.807, 2.05) is 48.5 Å². The molecule has 1 heterocycles. The van der Waals surface area contributed by atoms with E-state index in [2.05, 4.69) is 16.0 Å². The Bertz CT molecular complexity index is 782. The highest BCUT2D eigenvalue weighted by molar-refractivity contribution is 6.01. The number of benzene rings is 2. The van der Waals surface area contributed by atoms with Crippen molar-refractivity contribution in [3.63, 3.8) is 0 Å². The molecule has 1 fully saturated rings. The summed E-state index contributed by atoms with van der Waals surface area (Å²) in [5, 5.41) is 9.22. The normalized spacial score (nSPS) is 14.7. The van der Waals surface area contributed by atoms with Crippen LogP contribution in [0.3, 0.4) is 0 Å². The molecule has 2 aromatic carbocycles. The molecule has 0 atom stereocenters. The number of anilines is 1. The molecule has 5 nitrogen and oxygen atoms in total. The van der Waals surface area contributed by atoms with E-state index in [0.717, 1.165) is 42.7 Å². The fourth-order valence-electron chi connectivity index (χ4n) is 3.32. The number of amides is 2. The number of rotatable bonds is 5. The van der Waals surface area contributed by atoms with Crippen molar-refractivity contribution in [2.45, 2.75) is 19.8 Å². The van der Waals surface area contributed by atoms with Gasteiger partial charge in [0.1, 0.15) is 0 Å². The molecule has 0 unspecified atom stereocenters. The van der Waals surface area contributed by atoms with Crippen molar-refractivity contribution in [2.24, 2.45) is 5.92 Å². The minimum atomic E-state index is -0.116. The maximum atomic E-state index is 12.7. The van der Waals surface area contributed by atoms with Crippen LogP contribution in [0.5, 0.6) is 0 Å². The summed E-state index contributed by atoms with van der Waals surface area (Å²) in [5.74, 6) is 0.370. The average Bonchev–Trinajstić information content (AvgIpc) is 2.66. The minimum absolute atomic E-state index is 0.0518. The zero-order valence-electron chi connectivity index (χ0n) is 15.0. The summed E-state index contributed by atoms with van der Waals surface area (Å²) in [6.07, 6.45) is 2.20. The second-order valence-electron chi connectivity index (χ2n) is 6.71. The second kappa shape index (κ2) is 8.63. The minimum Gasteiger partial charge on any atom is -0.352 e. The number of hydrogen-bond donors (Lipinski definition) is 3. The third kappa shape index (κ3) is 4.70. The first-order valence-electron chi connectivity index (χ1n) is 9.09. The van der Waals surface area contributed by atoms with Gasteiger partial charge in [-0.05, 0) is 61.2 Å². The molecule has 0 radical (unpaired) electrons. The van der Waals surface area contributed by atoms with E-state index < -0.39 is 0 Å². The lowest BCUT2D eigenvalue weighted by atomic mass is 9.96. The van der Waals surface area contributed by atoms with Gasteiger partial charge < -0.3 is 16.0 Å². The number of nitrogens with one attached hydrogen (secondary N) is 3. The molecule has 0 spiro atoms. The van der Waals surface area contributed by atoms with Crippen LogP contribution in [-0.2, 0) is 4.79 Å². The van der Waals surface area contributed by atoms with Crippen LogP contribution in [0.25, 0.3) is 11.1 Å². The summed E-state index contributed by atoms with van der Waals surface area (Å²) in [4.78, 5) is 24.0. The predicted molar refractivity (Wildman–Crippen MR) is 104 cm³/mol. The average molecular weight is 351 g/mol. The second-order valence-corrected chi connectivity index (χ2v) is 6.71. The highest BCUT2D eigenvalue weighted by atomic mass is 16.2. The highest BCUT2D eigenvalue weighted by Gasteiger charge is 2.16. The summed E-state index contributed by atoms with van der Waals surface area (Å²) in [5.41, 5.74) is 3.15. The molecule has 136 valence electrons. The summed E-state index contributed by atoms with van der Waals surface area (Å²) in [6, 6.07) is 15.1. The van der Waals surface area contributed by atoms with Crippen LogP contribution in [0, 0.1) is 5.92 Å². The fraction of sp³-hybridized carbons (Fsp3) is 0.333. The van der Waals surface area contributed by atoms with E-state index in [0.29, 0.717) is 18.0 Å². The zero-order valence-corrected chi connectivity index (χ0v) is 15.0. The Morgan fingerprint density at radius 3 is 2.62 bits per heavy atom. The van der Waals surface area contributed by atoms with Crippen LogP contribution >= 0.6 is 0 Å². The van der Waals surface area contributed by atoms with Crippen molar-refractivity contribution in [2.75, 3.05) is 25.0 Å². The number of carbonyl (C=O) groups is 2. The van der Waals surface area contributed by atoms with Gasteiger partial charge >= 0.3 is 0 Å². The molecule has 0 saturated carbocycles. The van der Waals surface area contributed by atoms with Crippen LogP contribution in [-0.4, -0.2) is 31.4 Å². The standard InChI is InChI=1S/C21H25N3O2/c1-15(25)24-18-6-4-5-17(13-18)19-7-2-3-8-20(19)21(26)23-14-16-9-11-22-12-10-16/h2-8,13,16,22H,9-12,14H2,1H3,(H,23,26)(H,24,25). The molecule has 1 aliphatic heterocycles. The molecule has 2 aromatic rings. The van der Waals surface area contributed by atoms with E-state index in [1.54, 1.807) is 0 Å². The van der Waals surface area contributed by atoms with Gasteiger partial charge in [-0.3, -0.25) is 9.59 Å². The van der Waals surface area contributed by atoms with E-state index in [1.165, 1.54) is 6.92 Å². The lowest BCUT2D eigenvalue weighted by Gasteiger charge is -2.23. The van der Waals surface area contributed by atoms with Crippen LogP contribution in [0.15, 0.2) is 48.5 Å². The van der Waals surface area contributed by atoms with Crippen molar-refractivity contribution in [1.82, 2.24) is 10.6 Å².